The van der Waals surface area contributed by atoms with Crippen molar-refractivity contribution in [2.75, 3.05) is 0 Å². The molecule has 0 aliphatic heterocycles. The van der Waals surface area contributed by atoms with Crippen LogP contribution in [0.3, 0.4) is 0 Å². The van der Waals surface area contributed by atoms with Gasteiger partial charge in [-0.3, -0.25) is 9.59 Å². The van der Waals surface area contributed by atoms with Gasteiger partial charge in [0.2, 0.25) is 0 Å². The molecule has 2 heteroatoms. The molecular formula is C18H22O2. The van der Waals surface area contributed by atoms with Gasteiger partial charge < -0.3 is 0 Å². The van der Waals surface area contributed by atoms with Crippen molar-refractivity contribution in [3.8, 4) is 0 Å². The molecule has 0 aromatic carbocycles. The van der Waals surface area contributed by atoms with Crippen LogP contribution in [0.1, 0.15) is 34.1 Å². The predicted octanol–water partition coefficient (Wildman–Crippen LogP) is 3.81. The number of hydrogen-bond acceptors (Lipinski definition) is 2. The average Bonchev–Trinajstić information content (AvgIpc) is 2.50. The van der Waals surface area contributed by atoms with E-state index in [0.717, 1.165) is 12.0 Å². The molecular weight excluding hydrogens is 248 g/mol. The minimum Gasteiger partial charge on any atom is -0.294 e. The Morgan fingerprint density at radius 3 is 2.20 bits per heavy atom. The van der Waals surface area contributed by atoms with Crippen LogP contribution in [-0.4, -0.2) is 11.6 Å². The summed E-state index contributed by atoms with van der Waals surface area (Å²) < 4.78 is 0. The van der Waals surface area contributed by atoms with Gasteiger partial charge in [0.25, 0.3) is 0 Å². The summed E-state index contributed by atoms with van der Waals surface area (Å²) in [6.07, 6.45) is 13.8. The lowest BCUT2D eigenvalue weighted by molar-refractivity contribution is -0.124. The molecule has 2 aliphatic rings. The van der Waals surface area contributed by atoms with Crippen LogP contribution in [0.5, 0.6) is 0 Å². The van der Waals surface area contributed by atoms with Crippen molar-refractivity contribution >= 4 is 11.6 Å². The standard InChI is InChI=1S/C18H22O2/c1-17(2,3)12-18(4)10-6-5-7-13(11-18)16-14(19)8-9-15(16)20/h5-11,16H,12H2,1-4H3. The second-order valence-corrected chi connectivity index (χ2v) is 7.18. The first-order valence-corrected chi connectivity index (χ1v) is 7.05. The molecule has 0 N–H and O–H groups in total. The molecule has 20 heavy (non-hydrogen) atoms. The minimum absolute atomic E-state index is 0.106. The van der Waals surface area contributed by atoms with Gasteiger partial charge in [-0.25, -0.2) is 0 Å². The molecule has 106 valence electrons. The van der Waals surface area contributed by atoms with Crippen LogP contribution >= 0.6 is 0 Å². The summed E-state index contributed by atoms with van der Waals surface area (Å²) in [5, 5.41) is 0. The van der Waals surface area contributed by atoms with E-state index in [1.54, 1.807) is 0 Å². The molecule has 1 atom stereocenters. The van der Waals surface area contributed by atoms with Crippen LogP contribution in [0.25, 0.3) is 0 Å². The third-order valence-electron chi connectivity index (χ3n) is 3.60. The SMILES string of the molecule is CC(C)(C)CC1(C)C=CC=CC(C2C(=O)C=CC2=O)=C1. The van der Waals surface area contributed by atoms with E-state index in [-0.39, 0.29) is 22.4 Å². The van der Waals surface area contributed by atoms with Crippen LogP contribution in [0, 0.1) is 16.7 Å². The van der Waals surface area contributed by atoms with Crippen molar-refractivity contribution in [1.82, 2.24) is 0 Å². The zero-order valence-corrected chi connectivity index (χ0v) is 12.6. The Labute approximate surface area is 120 Å². The first kappa shape index (κ1) is 14.7. The highest BCUT2D eigenvalue weighted by molar-refractivity contribution is 6.21. The Balaban J connectivity index is 2.36. The number of carbonyl (C=O) groups is 2. The molecule has 1 unspecified atom stereocenters. The lowest BCUT2D eigenvalue weighted by atomic mass is 9.73. The van der Waals surface area contributed by atoms with Crippen LogP contribution in [0.15, 0.2) is 48.1 Å². The normalized spacial score (nSPS) is 27.1. The van der Waals surface area contributed by atoms with Crippen molar-refractivity contribution in [3.05, 3.63) is 48.1 Å². The number of hydrogen-bond donors (Lipinski definition) is 0. The highest BCUT2D eigenvalue weighted by Gasteiger charge is 2.34. The van der Waals surface area contributed by atoms with Gasteiger partial charge in [0.1, 0.15) is 5.92 Å². The largest absolute Gasteiger partial charge is 0.294 e. The molecule has 0 heterocycles. The summed E-state index contributed by atoms with van der Waals surface area (Å²) in [6, 6.07) is 0. The molecule has 0 aromatic heterocycles. The molecule has 2 nitrogen and oxygen atoms in total. The third kappa shape index (κ3) is 3.24. The fourth-order valence-electron chi connectivity index (χ4n) is 3.18. The highest BCUT2D eigenvalue weighted by Crippen LogP contribution is 2.39. The maximum atomic E-state index is 11.9. The second kappa shape index (κ2) is 5.01. The fraction of sp³-hybridized carbons (Fsp3) is 0.444. The smallest absolute Gasteiger partial charge is 0.171 e. The van der Waals surface area contributed by atoms with Gasteiger partial charge in [0.15, 0.2) is 11.6 Å². The Morgan fingerprint density at radius 2 is 1.65 bits per heavy atom. The maximum Gasteiger partial charge on any atom is 0.171 e. The Bertz CT molecular complexity index is 534. The molecule has 0 bridgehead atoms. The van der Waals surface area contributed by atoms with E-state index < -0.39 is 5.92 Å². The van der Waals surface area contributed by atoms with Crippen LogP contribution in [0.4, 0.5) is 0 Å². The molecule has 0 radical (unpaired) electrons. The van der Waals surface area contributed by atoms with Crippen molar-refractivity contribution < 1.29 is 9.59 Å². The van der Waals surface area contributed by atoms with Crippen LogP contribution in [0.2, 0.25) is 0 Å². The lowest BCUT2D eigenvalue weighted by Crippen LogP contribution is -2.23. The molecule has 0 saturated heterocycles. The van der Waals surface area contributed by atoms with E-state index in [2.05, 4.69) is 39.8 Å². The second-order valence-electron chi connectivity index (χ2n) is 7.18. The van der Waals surface area contributed by atoms with Gasteiger partial charge >= 0.3 is 0 Å². The highest BCUT2D eigenvalue weighted by atomic mass is 16.2. The van der Waals surface area contributed by atoms with Gasteiger partial charge in [0, 0.05) is 5.41 Å². The molecule has 2 aliphatic carbocycles. The molecule has 0 spiro atoms. The topological polar surface area (TPSA) is 34.1 Å². The Hall–Kier alpha value is -1.70. The molecule has 0 aromatic rings. The quantitative estimate of drug-likeness (QED) is 0.715. The maximum absolute atomic E-state index is 11.9. The van der Waals surface area contributed by atoms with E-state index in [9.17, 15) is 9.59 Å². The lowest BCUT2D eigenvalue weighted by Gasteiger charge is -2.31. The van der Waals surface area contributed by atoms with Crippen molar-refractivity contribution in [2.24, 2.45) is 16.7 Å². The summed E-state index contributed by atoms with van der Waals surface area (Å²) in [4.78, 5) is 23.8. The van der Waals surface area contributed by atoms with Crippen molar-refractivity contribution in [3.63, 3.8) is 0 Å². The Morgan fingerprint density at radius 1 is 1.05 bits per heavy atom. The molecule has 0 amide bonds. The summed E-state index contributed by atoms with van der Waals surface area (Å²) in [5.74, 6) is -0.845. The van der Waals surface area contributed by atoms with Gasteiger partial charge in [-0.05, 0) is 29.6 Å². The first-order valence-electron chi connectivity index (χ1n) is 7.05. The minimum atomic E-state index is -0.634. The zero-order chi connectivity index (χ0) is 15.0. The van der Waals surface area contributed by atoms with Crippen molar-refractivity contribution in [2.45, 2.75) is 34.1 Å². The van der Waals surface area contributed by atoms with Gasteiger partial charge in [-0.2, -0.15) is 0 Å². The van der Waals surface area contributed by atoms with E-state index in [4.69, 9.17) is 0 Å². The van der Waals surface area contributed by atoms with Crippen LogP contribution in [-0.2, 0) is 9.59 Å². The van der Waals surface area contributed by atoms with E-state index in [1.807, 2.05) is 18.2 Å². The van der Waals surface area contributed by atoms with Gasteiger partial charge in [0.05, 0.1) is 0 Å². The van der Waals surface area contributed by atoms with E-state index in [1.165, 1.54) is 12.2 Å². The number of rotatable bonds is 2. The molecule has 2 rings (SSSR count). The number of carbonyl (C=O) groups excluding carboxylic acids is 2. The third-order valence-corrected chi connectivity index (χ3v) is 3.60. The summed E-state index contributed by atoms with van der Waals surface area (Å²) in [6.45, 7) is 8.75. The van der Waals surface area contributed by atoms with E-state index in [0.29, 0.717) is 0 Å². The summed E-state index contributed by atoms with van der Waals surface area (Å²) in [7, 11) is 0. The fourth-order valence-corrected chi connectivity index (χ4v) is 3.18. The summed E-state index contributed by atoms with van der Waals surface area (Å²) >= 11 is 0. The van der Waals surface area contributed by atoms with Crippen molar-refractivity contribution in [1.29, 1.82) is 0 Å². The predicted molar refractivity (Wildman–Crippen MR) is 81.2 cm³/mol. The average molecular weight is 270 g/mol. The monoisotopic (exact) mass is 270 g/mol. The van der Waals surface area contributed by atoms with Crippen LogP contribution < -0.4 is 0 Å². The number of ketones is 2. The van der Waals surface area contributed by atoms with Gasteiger partial charge in [-0.15, -0.1) is 0 Å². The zero-order valence-electron chi connectivity index (χ0n) is 12.6. The van der Waals surface area contributed by atoms with Gasteiger partial charge in [-0.1, -0.05) is 58.1 Å². The summed E-state index contributed by atoms with van der Waals surface area (Å²) in [5.41, 5.74) is 0.856. The van der Waals surface area contributed by atoms with E-state index >= 15 is 0 Å². The molecule has 0 saturated carbocycles. The first-order chi connectivity index (χ1) is 9.20. The Kier molecular flexibility index (Phi) is 3.68. The number of allylic oxidation sites excluding steroid dienone is 8. The molecule has 0 fully saturated rings.